The summed E-state index contributed by atoms with van der Waals surface area (Å²) in [5.41, 5.74) is 7.15. The van der Waals surface area contributed by atoms with Gasteiger partial charge in [-0.05, 0) is 13.3 Å². The Labute approximate surface area is 107 Å². The number of aryl methyl sites for hydroxylation is 1. The van der Waals surface area contributed by atoms with Crippen LogP contribution >= 0.6 is 11.3 Å². The van der Waals surface area contributed by atoms with Crippen LogP contribution in [0.15, 0.2) is 0 Å². The van der Waals surface area contributed by atoms with E-state index in [-0.39, 0.29) is 6.04 Å². The van der Waals surface area contributed by atoms with E-state index in [9.17, 15) is 0 Å². The minimum atomic E-state index is 0.0980. The quantitative estimate of drug-likeness (QED) is 0.887. The highest BCUT2D eigenvalue weighted by molar-refractivity contribution is 7.11. The van der Waals surface area contributed by atoms with Gasteiger partial charge in [0.2, 0.25) is 0 Å². The van der Waals surface area contributed by atoms with Gasteiger partial charge < -0.3 is 10.5 Å². The molecule has 1 fully saturated rings. The Morgan fingerprint density at radius 1 is 1.47 bits per heavy atom. The first-order valence-electron chi connectivity index (χ1n) is 6.25. The minimum Gasteiger partial charge on any atom is -0.379 e. The van der Waals surface area contributed by atoms with Crippen LogP contribution in [-0.2, 0) is 17.7 Å². The fraction of sp³-hybridized carbons (Fsp3) is 0.750. The molecule has 0 amide bonds. The molecule has 96 valence electrons. The summed E-state index contributed by atoms with van der Waals surface area (Å²) in [6.45, 7) is 8.81. The maximum Gasteiger partial charge on any atom is 0.107 e. The fourth-order valence-electron chi connectivity index (χ4n) is 2.04. The average molecular weight is 255 g/mol. The van der Waals surface area contributed by atoms with Gasteiger partial charge in [0, 0.05) is 24.0 Å². The second-order valence-corrected chi connectivity index (χ2v) is 5.56. The number of hydrogen-bond acceptors (Lipinski definition) is 5. The van der Waals surface area contributed by atoms with E-state index in [1.165, 1.54) is 15.6 Å². The molecule has 1 aromatic rings. The van der Waals surface area contributed by atoms with Crippen molar-refractivity contribution in [3.05, 3.63) is 15.6 Å². The van der Waals surface area contributed by atoms with Gasteiger partial charge in [0.25, 0.3) is 0 Å². The Kier molecular flexibility index (Phi) is 4.50. The molecule has 1 saturated heterocycles. The zero-order valence-corrected chi connectivity index (χ0v) is 11.4. The molecule has 0 aromatic carbocycles. The monoisotopic (exact) mass is 255 g/mol. The molecule has 0 aliphatic carbocycles. The van der Waals surface area contributed by atoms with Crippen LogP contribution in [0.25, 0.3) is 0 Å². The lowest BCUT2D eigenvalue weighted by Crippen LogP contribution is -2.35. The molecule has 1 aliphatic rings. The summed E-state index contributed by atoms with van der Waals surface area (Å²) < 4.78 is 5.35. The summed E-state index contributed by atoms with van der Waals surface area (Å²) in [6.07, 6.45) is 0.969. The van der Waals surface area contributed by atoms with Crippen molar-refractivity contribution >= 4 is 11.3 Å². The van der Waals surface area contributed by atoms with Crippen molar-refractivity contribution in [3.63, 3.8) is 0 Å². The predicted octanol–water partition coefficient (Wildman–Crippen LogP) is 1.56. The number of rotatable bonds is 4. The molecule has 5 heteroatoms. The van der Waals surface area contributed by atoms with Gasteiger partial charge in [-0.15, -0.1) is 11.3 Å². The molecule has 1 atom stereocenters. The average Bonchev–Trinajstić information content (AvgIpc) is 2.73. The Morgan fingerprint density at radius 3 is 2.71 bits per heavy atom. The molecule has 17 heavy (non-hydrogen) atoms. The Bertz CT molecular complexity index is 359. The smallest absolute Gasteiger partial charge is 0.107 e. The third-order valence-corrected chi connectivity index (χ3v) is 4.27. The van der Waals surface area contributed by atoms with Gasteiger partial charge in [0.1, 0.15) is 5.01 Å². The van der Waals surface area contributed by atoms with Gasteiger partial charge in [-0.25, -0.2) is 4.98 Å². The van der Waals surface area contributed by atoms with E-state index < -0.39 is 0 Å². The highest BCUT2D eigenvalue weighted by atomic mass is 32.1. The van der Waals surface area contributed by atoms with Crippen LogP contribution in [0, 0.1) is 0 Å². The Balaban J connectivity index is 2.05. The van der Waals surface area contributed by atoms with Gasteiger partial charge in [-0.3, -0.25) is 4.90 Å². The maximum absolute atomic E-state index is 5.97. The first kappa shape index (κ1) is 13.0. The first-order valence-corrected chi connectivity index (χ1v) is 7.06. The van der Waals surface area contributed by atoms with E-state index in [0.29, 0.717) is 0 Å². The third-order valence-electron chi connectivity index (χ3n) is 2.98. The van der Waals surface area contributed by atoms with E-state index in [4.69, 9.17) is 15.5 Å². The molecule has 1 aromatic heterocycles. The molecular formula is C12H21N3OS. The number of nitrogens with two attached hydrogens (primary N) is 1. The Hall–Kier alpha value is -0.490. The summed E-state index contributed by atoms with van der Waals surface area (Å²) in [7, 11) is 0. The molecule has 0 radical (unpaired) electrons. The number of nitrogens with zero attached hydrogens (tertiary/aromatic N) is 2. The van der Waals surface area contributed by atoms with Crippen LogP contribution in [0.2, 0.25) is 0 Å². The van der Waals surface area contributed by atoms with Crippen molar-refractivity contribution in [3.8, 4) is 0 Å². The highest BCUT2D eigenvalue weighted by Gasteiger charge is 2.16. The topological polar surface area (TPSA) is 51.4 Å². The van der Waals surface area contributed by atoms with Crippen LogP contribution in [0.1, 0.15) is 35.5 Å². The largest absolute Gasteiger partial charge is 0.379 e. The molecule has 0 bridgehead atoms. The van der Waals surface area contributed by atoms with Crippen molar-refractivity contribution in [2.24, 2.45) is 5.73 Å². The molecule has 1 unspecified atom stereocenters. The van der Waals surface area contributed by atoms with Crippen LogP contribution in [0.5, 0.6) is 0 Å². The van der Waals surface area contributed by atoms with Crippen molar-refractivity contribution in [1.82, 2.24) is 9.88 Å². The normalized spacial score (nSPS) is 19.5. The van der Waals surface area contributed by atoms with Crippen LogP contribution in [0.4, 0.5) is 0 Å². The van der Waals surface area contributed by atoms with E-state index in [0.717, 1.165) is 39.3 Å². The fourth-order valence-corrected chi connectivity index (χ4v) is 3.19. The summed E-state index contributed by atoms with van der Waals surface area (Å²) >= 11 is 1.77. The molecular weight excluding hydrogens is 234 g/mol. The maximum atomic E-state index is 5.97. The van der Waals surface area contributed by atoms with Gasteiger partial charge in [-0.2, -0.15) is 0 Å². The van der Waals surface area contributed by atoms with E-state index in [1.54, 1.807) is 11.3 Å². The van der Waals surface area contributed by atoms with Gasteiger partial charge in [0.05, 0.1) is 25.5 Å². The molecule has 2 rings (SSSR count). The van der Waals surface area contributed by atoms with Crippen LogP contribution < -0.4 is 5.73 Å². The zero-order chi connectivity index (χ0) is 12.3. The zero-order valence-electron chi connectivity index (χ0n) is 10.6. The second-order valence-electron chi connectivity index (χ2n) is 4.45. The molecule has 0 spiro atoms. The lowest BCUT2D eigenvalue weighted by Gasteiger charge is -2.25. The summed E-state index contributed by atoms with van der Waals surface area (Å²) in [5.74, 6) is 0. The lowest BCUT2D eigenvalue weighted by atomic mass is 10.2. The first-order chi connectivity index (χ1) is 8.20. The molecule has 0 saturated carbocycles. The van der Waals surface area contributed by atoms with Crippen LogP contribution in [0.3, 0.4) is 0 Å². The molecule has 2 N–H and O–H groups in total. The SMILES string of the molecule is CCc1nc(CN2CCOCC2)sc1C(C)N. The van der Waals surface area contributed by atoms with E-state index in [1.807, 2.05) is 6.92 Å². The minimum absolute atomic E-state index is 0.0980. The second kappa shape index (κ2) is 5.91. The lowest BCUT2D eigenvalue weighted by molar-refractivity contribution is 0.0341. The van der Waals surface area contributed by atoms with E-state index >= 15 is 0 Å². The van der Waals surface area contributed by atoms with Crippen molar-refractivity contribution in [1.29, 1.82) is 0 Å². The summed E-state index contributed by atoms with van der Waals surface area (Å²) in [4.78, 5) is 8.34. The van der Waals surface area contributed by atoms with Crippen molar-refractivity contribution in [2.45, 2.75) is 32.9 Å². The predicted molar refractivity (Wildman–Crippen MR) is 70.2 cm³/mol. The van der Waals surface area contributed by atoms with Gasteiger partial charge >= 0.3 is 0 Å². The number of ether oxygens (including phenoxy) is 1. The third kappa shape index (κ3) is 3.25. The Morgan fingerprint density at radius 2 is 2.18 bits per heavy atom. The highest BCUT2D eigenvalue weighted by Crippen LogP contribution is 2.25. The van der Waals surface area contributed by atoms with E-state index in [2.05, 4.69) is 11.8 Å². The standard InChI is InChI=1S/C12H21N3OS/c1-3-10-12(9(2)13)17-11(14-10)8-15-4-6-16-7-5-15/h9H,3-8,13H2,1-2H3. The molecule has 1 aliphatic heterocycles. The van der Waals surface area contributed by atoms with Crippen LogP contribution in [-0.4, -0.2) is 36.2 Å². The van der Waals surface area contributed by atoms with Crippen molar-refractivity contribution in [2.75, 3.05) is 26.3 Å². The number of aromatic nitrogens is 1. The number of hydrogen-bond donors (Lipinski definition) is 1. The summed E-state index contributed by atoms with van der Waals surface area (Å²) in [6, 6.07) is 0.0980. The number of thiazole rings is 1. The number of morpholine rings is 1. The molecule has 4 nitrogen and oxygen atoms in total. The van der Waals surface area contributed by atoms with Gasteiger partial charge in [-0.1, -0.05) is 6.92 Å². The van der Waals surface area contributed by atoms with Gasteiger partial charge in [0.15, 0.2) is 0 Å². The molecule has 2 heterocycles. The summed E-state index contributed by atoms with van der Waals surface area (Å²) in [5, 5.41) is 1.19. The van der Waals surface area contributed by atoms with Crippen molar-refractivity contribution < 1.29 is 4.74 Å².